The van der Waals surface area contributed by atoms with Crippen molar-refractivity contribution in [3.05, 3.63) is 72.0 Å². The Kier molecular flexibility index (Phi) is 11.3. The van der Waals surface area contributed by atoms with Gasteiger partial charge in [-0.3, -0.25) is 4.79 Å². The Morgan fingerprint density at radius 3 is 2.28 bits per heavy atom. The van der Waals surface area contributed by atoms with Gasteiger partial charge >= 0.3 is 0 Å². The van der Waals surface area contributed by atoms with Gasteiger partial charge < -0.3 is 29.6 Å². The highest BCUT2D eigenvalue weighted by molar-refractivity contribution is 5.94. The standard InChI is InChI=1S/C26H27N5O3.C7H12N2O.C2H6/c1-16-12-31(13-17(2)34-16)19-8-6-18(7-9-19)25-29-24-21(10-11-27-26(24)30-25)20-4-3-5-23(28-15-33)22(20)14-32;1-5-8-6(10-9-5)7(2,3)4;1-2/h3-11,15-17,32H,12-14H2,1-2H3,(H,28,33)(H,27,29,30);1-4H3;1-2H3. The summed E-state index contributed by atoms with van der Waals surface area (Å²) < 4.78 is 10.8. The molecule has 3 N–H and O–H groups in total. The predicted molar refractivity (Wildman–Crippen MR) is 182 cm³/mol. The summed E-state index contributed by atoms with van der Waals surface area (Å²) in [5, 5.41) is 16.4. The van der Waals surface area contributed by atoms with Crippen molar-refractivity contribution in [1.29, 1.82) is 0 Å². The number of fused-ring (bicyclic) bond motifs is 1. The molecular weight excluding hydrogens is 582 g/mol. The number of aryl methyl sites for hydroxylation is 1. The Labute approximate surface area is 270 Å². The largest absolute Gasteiger partial charge is 0.392 e. The molecule has 3 aromatic heterocycles. The summed E-state index contributed by atoms with van der Waals surface area (Å²) in [5.74, 6) is 2.12. The zero-order chi connectivity index (χ0) is 33.4. The molecule has 1 amide bonds. The second kappa shape index (κ2) is 15.1. The number of nitrogens with zero attached hydrogens (tertiary/aromatic N) is 5. The van der Waals surface area contributed by atoms with Crippen LogP contribution in [-0.2, 0) is 21.6 Å². The summed E-state index contributed by atoms with van der Waals surface area (Å²) in [6, 6.07) is 15.7. The molecule has 0 saturated carbocycles. The van der Waals surface area contributed by atoms with E-state index in [1.54, 1.807) is 12.3 Å². The summed E-state index contributed by atoms with van der Waals surface area (Å²) in [7, 11) is 0. The number of carbonyl (C=O) groups is 1. The zero-order valence-electron chi connectivity index (χ0n) is 28.0. The number of imidazole rings is 1. The van der Waals surface area contributed by atoms with Crippen molar-refractivity contribution in [3.8, 4) is 22.5 Å². The molecule has 1 saturated heterocycles. The lowest BCUT2D eigenvalue weighted by Crippen LogP contribution is -2.45. The number of H-pyrrole nitrogens is 1. The van der Waals surface area contributed by atoms with Gasteiger partial charge in [0.05, 0.1) is 24.3 Å². The van der Waals surface area contributed by atoms with Gasteiger partial charge in [-0.15, -0.1) is 0 Å². The first-order valence-electron chi connectivity index (χ1n) is 15.7. The molecular formula is C35H45N7O4. The average Bonchev–Trinajstić information content (AvgIpc) is 3.69. The first-order valence-corrected chi connectivity index (χ1v) is 15.7. The molecule has 1 aliphatic heterocycles. The van der Waals surface area contributed by atoms with Gasteiger partial charge in [-0.05, 0) is 62.7 Å². The Bertz CT molecular complexity index is 1710. The molecule has 0 aliphatic carbocycles. The molecule has 11 heteroatoms. The number of pyridine rings is 1. The van der Waals surface area contributed by atoms with Crippen LogP contribution in [0.2, 0.25) is 0 Å². The summed E-state index contributed by atoms with van der Waals surface area (Å²) >= 11 is 0. The van der Waals surface area contributed by atoms with Crippen LogP contribution in [0.1, 0.15) is 65.7 Å². The minimum absolute atomic E-state index is 0.0265. The van der Waals surface area contributed by atoms with Crippen LogP contribution >= 0.6 is 0 Å². The van der Waals surface area contributed by atoms with Crippen LogP contribution in [-0.4, -0.2) is 61.9 Å². The number of aromatic nitrogens is 5. The van der Waals surface area contributed by atoms with E-state index in [9.17, 15) is 9.90 Å². The minimum atomic E-state index is -0.211. The lowest BCUT2D eigenvalue weighted by molar-refractivity contribution is -0.105. The Morgan fingerprint density at radius 2 is 1.72 bits per heavy atom. The fourth-order valence-electron chi connectivity index (χ4n) is 5.30. The van der Waals surface area contributed by atoms with Gasteiger partial charge in [-0.1, -0.05) is 51.9 Å². The van der Waals surface area contributed by atoms with Gasteiger partial charge in [0.2, 0.25) is 12.3 Å². The number of morpholine rings is 1. The van der Waals surface area contributed by atoms with Crippen LogP contribution in [0.4, 0.5) is 11.4 Å². The maximum Gasteiger partial charge on any atom is 0.232 e. The van der Waals surface area contributed by atoms with E-state index < -0.39 is 0 Å². The van der Waals surface area contributed by atoms with E-state index >= 15 is 0 Å². The predicted octanol–water partition coefficient (Wildman–Crippen LogP) is 6.67. The third-order valence-electron chi connectivity index (χ3n) is 7.33. The topological polar surface area (TPSA) is 142 Å². The van der Waals surface area contributed by atoms with E-state index in [4.69, 9.17) is 14.2 Å². The maximum atomic E-state index is 11.0. The molecule has 1 aliphatic rings. The summed E-state index contributed by atoms with van der Waals surface area (Å²) in [4.78, 5) is 30.0. The van der Waals surface area contributed by atoms with Crippen molar-refractivity contribution in [1.82, 2.24) is 25.1 Å². The number of aromatic amines is 1. The monoisotopic (exact) mass is 627 g/mol. The molecule has 244 valence electrons. The fourth-order valence-corrected chi connectivity index (χ4v) is 5.30. The van der Waals surface area contributed by atoms with Gasteiger partial charge in [0.15, 0.2) is 11.5 Å². The molecule has 5 aromatic rings. The van der Waals surface area contributed by atoms with Gasteiger partial charge in [-0.2, -0.15) is 4.98 Å². The number of amides is 1. The van der Waals surface area contributed by atoms with E-state index in [1.807, 2.05) is 59.7 Å². The Hall–Kier alpha value is -4.61. The SMILES string of the molecule is CC.CC1CN(c2ccc(-c3nc4nccc(-c5cccc(NC=O)c5CO)c4[nH]3)cc2)CC(C)O1.Cc1noc(C(C)(C)C)n1. The average molecular weight is 628 g/mol. The van der Waals surface area contributed by atoms with Crippen LogP contribution in [0.3, 0.4) is 0 Å². The minimum Gasteiger partial charge on any atom is -0.392 e. The number of carbonyl (C=O) groups excluding carboxylic acids is 1. The number of anilines is 2. The highest BCUT2D eigenvalue weighted by Gasteiger charge is 2.23. The van der Waals surface area contributed by atoms with Crippen LogP contribution in [0.5, 0.6) is 0 Å². The first-order chi connectivity index (χ1) is 22.1. The molecule has 2 aromatic carbocycles. The summed E-state index contributed by atoms with van der Waals surface area (Å²) in [6.45, 7) is 17.7. The van der Waals surface area contributed by atoms with Crippen LogP contribution in [0.15, 0.2) is 59.3 Å². The number of aliphatic hydroxyl groups excluding tert-OH is 1. The quantitative estimate of drug-likeness (QED) is 0.176. The van der Waals surface area contributed by atoms with Gasteiger partial charge in [-0.25, -0.2) is 9.97 Å². The van der Waals surface area contributed by atoms with E-state index in [2.05, 4.69) is 68.4 Å². The van der Waals surface area contributed by atoms with Crippen molar-refractivity contribution in [2.75, 3.05) is 23.3 Å². The lowest BCUT2D eigenvalue weighted by Gasteiger charge is -2.36. The number of rotatable bonds is 6. The molecule has 2 unspecified atom stereocenters. The number of hydrogen-bond acceptors (Lipinski definition) is 9. The summed E-state index contributed by atoms with van der Waals surface area (Å²) in [6.07, 6.45) is 2.71. The zero-order valence-corrected chi connectivity index (χ0v) is 28.0. The highest BCUT2D eigenvalue weighted by Crippen LogP contribution is 2.34. The first kappa shape index (κ1) is 34.3. The smallest absolute Gasteiger partial charge is 0.232 e. The molecule has 46 heavy (non-hydrogen) atoms. The molecule has 0 bridgehead atoms. The number of aliphatic hydroxyl groups is 1. The fraction of sp³-hybridized carbons (Fsp3) is 0.400. The van der Waals surface area contributed by atoms with Crippen LogP contribution in [0, 0.1) is 6.92 Å². The number of nitrogens with one attached hydrogen (secondary N) is 2. The van der Waals surface area contributed by atoms with Gasteiger partial charge in [0, 0.05) is 52.8 Å². The second-order valence-electron chi connectivity index (χ2n) is 12.0. The third kappa shape index (κ3) is 7.96. The van der Waals surface area contributed by atoms with E-state index in [-0.39, 0.29) is 24.2 Å². The van der Waals surface area contributed by atoms with E-state index in [0.29, 0.717) is 35.0 Å². The molecule has 1 fully saturated rings. The van der Waals surface area contributed by atoms with Crippen molar-refractivity contribution < 1.29 is 19.2 Å². The molecule has 4 heterocycles. The Balaban J connectivity index is 0.000000340. The Morgan fingerprint density at radius 1 is 1.02 bits per heavy atom. The molecule has 2 atom stereocenters. The lowest BCUT2D eigenvalue weighted by atomic mass is 9.97. The van der Waals surface area contributed by atoms with Crippen molar-refractivity contribution in [3.63, 3.8) is 0 Å². The van der Waals surface area contributed by atoms with Crippen molar-refractivity contribution in [2.45, 2.75) is 79.6 Å². The van der Waals surface area contributed by atoms with Gasteiger partial charge in [0.1, 0.15) is 5.82 Å². The van der Waals surface area contributed by atoms with Crippen molar-refractivity contribution >= 4 is 28.9 Å². The normalized spacial score (nSPS) is 16.2. The number of ether oxygens (including phenoxy) is 1. The number of benzene rings is 2. The maximum absolute atomic E-state index is 11.0. The van der Waals surface area contributed by atoms with E-state index in [0.717, 1.165) is 46.8 Å². The number of hydrogen-bond donors (Lipinski definition) is 3. The third-order valence-corrected chi connectivity index (χ3v) is 7.33. The second-order valence-corrected chi connectivity index (χ2v) is 12.0. The van der Waals surface area contributed by atoms with E-state index in [1.165, 1.54) is 0 Å². The molecule has 0 spiro atoms. The summed E-state index contributed by atoms with van der Waals surface area (Å²) in [5.41, 5.74) is 6.33. The highest BCUT2D eigenvalue weighted by atomic mass is 16.5. The van der Waals surface area contributed by atoms with Crippen molar-refractivity contribution in [2.24, 2.45) is 0 Å². The molecule has 0 radical (unpaired) electrons. The van der Waals surface area contributed by atoms with Crippen LogP contribution < -0.4 is 10.2 Å². The molecule has 11 nitrogen and oxygen atoms in total. The van der Waals surface area contributed by atoms with Gasteiger partial charge in [0.25, 0.3) is 0 Å². The molecule has 6 rings (SSSR count). The van der Waals surface area contributed by atoms with Crippen LogP contribution in [0.25, 0.3) is 33.7 Å².